The second-order valence-electron chi connectivity index (χ2n) is 9.61. The molecule has 1 aromatic carbocycles. The summed E-state index contributed by atoms with van der Waals surface area (Å²) in [6, 6.07) is 3.84. The van der Waals surface area contributed by atoms with E-state index in [1.807, 2.05) is 4.90 Å². The van der Waals surface area contributed by atoms with Gasteiger partial charge in [0.05, 0.1) is 11.8 Å². The molecule has 40 heavy (non-hydrogen) atoms. The number of nitrogens with zero attached hydrogens (tertiary/aromatic N) is 6. The smallest absolute Gasteiger partial charge is 0.333 e. The maximum absolute atomic E-state index is 14.0. The van der Waals surface area contributed by atoms with Gasteiger partial charge in [-0.2, -0.15) is 31.3 Å². The van der Waals surface area contributed by atoms with Crippen LogP contribution < -0.4 is 4.72 Å². The third-order valence-corrected chi connectivity index (χ3v) is 9.75. The van der Waals surface area contributed by atoms with E-state index in [0.29, 0.717) is 38.8 Å². The monoisotopic (exact) mass is 613 g/mol. The molecule has 0 saturated carbocycles. The van der Waals surface area contributed by atoms with Gasteiger partial charge >= 0.3 is 6.55 Å². The average Bonchev–Trinajstić information content (AvgIpc) is 3.69. The predicted octanol–water partition coefficient (Wildman–Crippen LogP) is 3.42. The minimum Gasteiger partial charge on any atom is -0.392 e. The van der Waals surface area contributed by atoms with Crippen molar-refractivity contribution in [3.63, 3.8) is 0 Å². The molecule has 0 bridgehead atoms. The normalized spacial score (nSPS) is 23.8. The van der Waals surface area contributed by atoms with Crippen LogP contribution in [0.4, 0.5) is 13.2 Å². The van der Waals surface area contributed by atoms with Crippen molar-refractivity contribution in [2.24, 2.45) is 4.99 Å². The van der Waals surface area contributed by atoms with Crippen LogP contribution in [0, 0.1) is 5.82 Å². The van der Waals surface area contributed by atoms with Gasteiger partial charge in [0.25, 0.3) is 10.2 Å². The summed E-state index contributed by atoms with van der Waals surface area (Å²) in [6.07, 6.45) is 2.57. The first-order chi connectivity index (χ1) is 19.1. The van der Waals surface area contributed by atoms with E-state index >= 15 is 0 Å². The number of rotatable bonds is 7. The predicted molar refractivity (Wildman–Crippen MR) is 143 cm³/mol. The summed E-state index contributed by atoms with van der Waals surface area (Å²) >= 11 is 7.79. The summed E-state index contributed by atoms with van der Waals surface area (Å²) in [5, 5.41) is 16.4. The van der Waals surface area contributed by atoms with Crippen LogP contribution in [-0.4, -0.2) is 75.1 Å². The van der Waals surface area contributed by atoms with Gasteiger partial charge in [0, 0.05) is 71.7 Å². The van der Waals surface area contributed by atoms with Gasteiger partial charge < -0.3 is 10.0 Å². The van der Waals surface area contributed by atoms with Crippen LogP contribution in [-0.2, 0) is 10.2 Å². The van der Waals surface area contributed by atoms with E-state index in [1.165, 1.54) is 33.8 Å². The largest absolute Gasteiger partial charge is 0.392 e. The number of thiazole rings is 1. The number of amidine groups is 1. The summed E-state index contributed by atoms with van der Waals surface area (Å²) in [4.78, 5) is 11.1. The number of hydrogen-bond acceptors (Lipinski definition) is 8. The molecule has 10 nitrogen and oxygen atoms in total. The maximum atomic E-state index is 14.0. The lowest BCUT2D eigenvalue weighted by Crippen LogP contribution is -2.46. The van der Waals surface area contributed by atoms with Crippen molar-refractivity contribution < 1.29 is 26.7 Å². The van der Waals surface area contributed by atoms with E-state index in [1.54, 1.807) is 11.6 Å². The van der Waals surface area contributed by atoms with Crippen LogP contribution in [0.25, 0.3) is 5.57 Å². The minimum atomic E-state index is -3.92. The van der Waals surface area contributed by atoms with Gasteiger partial charge in [-0.15, -0.1) is 11.3 Å². The fraction of sp³-hybridized carbons (Fsp3) is 0.375. The van der Waals surface area contributed by atoms with E-state index in [4.69, 9.17) is 16.6 Å². The lowest BCUT2D eigenvalue weighted by Gasteiger charge is -2.32. The Morgan fingerprint density at radius 2 is 2.05 bits per heavy atom. The number of aliphatic imine (C=N–C) groups is 1. The highest BCUT2D eigenvalue weighted by molar-refractivity contribution is 7.87. The lowest BCUT2D eigenvalue weighted by atomic mass is 9.92. The molecular formula is C24H23ClF3N7O3S2. The average molecular weight is 614 g/mol. The van der Waals surface area contributed by atoms with Crippen LogP contribution in [0.1, 0.15) is 41.7 Å². The molecule has 0 unspecified atom stereocenters. The molecule has 2 aromatic heterocycles. The Morgan fingerprint density at radius 1 is 1.23 bits per heavy atom. The number of aromatic nitrogens is 3. The summed E-state index contributed by atoms with van der Waals surface area (Å²) in [6.45, 7) is -2.49. The molecule has 0 aliphatic carbocycles. The fourth-order valence-corrected chi connectivity index (χ4v) is 7.60. The molecule has 0 radical (unpaired) electrons. The van der Waals surface area contributed by atoms with Crippen molar-refractivity contribution in [1.29, 1.82) is 0 Å². The van der Waals surface area contributed by atoms with E-state index < -0.39 is 40.8 Å². The van der Waals surface area contributed by atoms with Crippen molar-refractivity contribution in [1.82, 2.24) is 28.7 Å². The Bertz CT molecular complexity index is 1600. The lowest BCUT2D eigenvalue weighted by molar-refractivity contribution is 0.0564. The van der Waals surface area contributed by atoms with Gasteiger partial charge in [-0.05, 0) is 24.6 Å². The van der Waals surface area contributed by atoms with Crippen molar-refractivity contribution in [3.8, 4) is 0 Å². The van der Waals surface area contributed by atoms with Crippen molar-refractivity contribution in [2.45, 2.75) is 37.6 Å². The number of fused-ring (bicyclic) bond motifs is 1. The molecule has 0 amide bonds. The zero-order chi connectivity index (χ0) is 28.2. The number of hydrogen-bond donors (Lipinski definition) is 2. The summed E-state index contributed by atoms with van der Waals surface area (Å²) in [7, 11) is -3.92. The molecule has 3 aliphatic rings. The number of aliphatic hydroxyl groups excluding tert-OH is 1. The van der Waals surface area contributed by atoms with Crippen LogP contribution in [0.3, 0.4) is 0 Å². The standard InChI is InChI=1S/C24H23ClF3N7O3S2/c25-17-9-13(26)1-2-16(17)21-20(18-4-7-35(31-18)24(27)28)19-10-14(32-40(37,38)33-6-3-15(36)12-33)11-34(19)22(30-21)23-29-5-8-39-23/h1-2,4-5,7-9,14-15,21,24,32,36H,3,6,10-12H2/t14-,15+,21-/m0/s1. The Balaban J connectivity index is 1.47. The highest BCUT2D eigenvalue weighted by atomic mass is 35.5. The minimum absolute atomic E-state index is 0.00173. The topological polar surface area (TPSA) is 116 Å². The first-order valence-corrected chi connectivity index (χ1v) is 15.0. The number of benzene rings is 1. The van der Waals surface area contributed by atoms with Gasteiger partial charge in [0.2, 0.25) is 0 Å². The Morgan fingerprint density at radius 3 is 2.70 bits per heavy atom. The second-order valence-corrected chi connectivity index (χ2v) is 12.6. The first kappa shape index (κ1) is 27.4. The van der Waals surface area contributed by atoms with Crippen LogP contribution >= 0.6 is 22.9 Å². The molecule has 16 heteroatoms. The molecule has 2 fully saturated rings. The zero-order valence-electron chi connectivity index (χ0n) is 20.7. The molecular weight excluding hydrogens is 591 g/mol. The molecule has 6 rings (SSSR count). The van der Waals surface area contributed by atoms with Crippen LogP contribution in [0.2, 0.25) is 5.02 Å². The molecule has 2 saturated heterocycles. The first-order valence-electron chi connectivity index (χ1n) is 12.3. The van der Waals surface area contributed by atoms with Gasteiger partial charge in [0.1, 0.15) is 11.9 Å². The highest BCUT2D eigenvalue weighted by Crippen LogP contribution is 2.46. The van der Waals surface area contributed by atoms with E-state index in [9.17, 15) is 26.7 Å². The SMILES string of the molecule is O=S(=O)(N[C@H]1CC2=C(c3ccn(C(F)F)n3)[C@H](c3ccc(F)cc3Cl)N=C(c3nccs3)N2C1)N1CC[C@@H](O)C1. The summed E-state index contributed by atoms with van der Waals surface area (Å²) < 4.78 is 71.6. The quantitative estimate of drug-likeness (QED) is 0.422. The molecule has 5 heterocycles. The molecule has 0 spiro atoms. The van der Waals surface area contributed by atoms with Crippen LogP contribution in [0.5, 0.6) is 0 Å². The third kappa shape index (κ3) is 5.05. The fourth-order valence-electron chi connectivity index (χ4n) is 5.25. The molecule has 3 aromatic rings. The highest BCUT2D eigenvalue weighted by Gasteiger charge is 2.43. The van der Waals surface area contributed by atoms with Crippen molar-refractivity contribution >= 4 is 44.6 Å². The van der Waals surface area contributed by atoms with Crippen LogP contribution in [0.15, 0.2) is 52.7 Å². The Labute approximate surface area is 236 Å². The number of β-amino-alcohol motifs (C(OH)–C–C–N with tert-alkyl or cyclic N) is 1. The van der Waals surface area contributed by atoms with E-state index in [-0.39, 0.29) is 36.8 Å². The van der Waals surface area contributed by atoms with Gasteiger partial charge in [-0.1, -0.05) is 17.7 Å². The summed E-state index contributed by atoms with van der Waals surface area (Å²) in [5.41, 5.74) is 1.70. The van der Waals surface area contributed by atoms with Gasteiger partial charge in [-0.3, -0.25) is 4.99 Å². The van der Waals surface area contributed by atoms with E-state index in [2.05, 4.69) is 14.8 Å². The van der Waals surface area contributed by atoms with Crippen molar-refractivity contribution in [2.75, 3.05) is 19.6 Å². The summed E-state index contributed by atoms with van der Waals surface area (Å²) in [5.74, 6) is -0.0976. The number of aliphatic hydroxyl groups is 1. The van der Waals surface area contributed by atoms with Gasteiger partial charge in [0.15, 0.2) is 10.8 Å². The molecule has 3 atom stereocenters. The number of nitrogens with one attached hydrogen (secondary N) is 1. The zero-order valence-corrected chi connectivity index (χ0v) is 23.1. The second kappa shape index (κ2) is 10.5. The molecule has 2 N–H and O–H groups in total. The molecule has 3 aliphatic heterocycles. The Hall–Kier alpha value is -2.82. The molecule has 212 valence electrons. The maximum Gasteiger partial charge on any atom is 0.333 e. The number of halogens is 4. The van der Waals surface area contributed by atoms with Crippen molar-refractivity contribution in [3.05, 3.63) is 74.8 Å². The van der Waals surface area contributed by atoms with Gasteiger partial charge in [-0.25, -0.2) is 14.1 Å². The Kier molecular flexibility index (Phi) is 7.21. The third-order valence-electron chi connectivity index (χ3n) is 7.01. The number of alkyl halides is 2. The van der Waals surface area contributed by atoms with E-state index in [0.717, 1.165) is 12.3 Å².